The SMILES string of the molecule is CCCCCCCCCNc1ccc2c3c(cccc13)C(=O)N(CCCCCCCC(=O)O)C2=O. The topological polar surface area (TPSA) is 86.7 Å². The highest BCUT2D eigenvalue weighted by atomic mass is 16.4. The van der Waals surface area contributed by atoms with Gasteiger partial charge in [-0.2, -0.15) is 0 Å². The second-order valence-electron chi connectivity index (χ2n) is 9.61. The molecule has 0 fully saturated rings. The maximum Gasteiger partial charge on any atom is 0.303 e. The van der Waals surface area contributed by atoms with E-state index >= 15 is 0 Å². The monoisotopic (exact) mass is 480 g/mol. The molecule has 0 radical (unpaired) electrons. The van der Waals surface area contributed by atoms with E-state index in [0.717, 1.165) is 55.1 Å². The van der Waals surface area contributed by atoms with Crippen molar-refractivity contribution in [2.45, 2.75) is 90.4 Å². The first-order valence-corrected chi connectivity index (χ1v) is 13.4. The van der Waals surface area contributed by atoms with Gasteiger partial charge in [0.2, 0.25) is 0 Å². The van der Waals surface area contributed by atoms with Gasteiger partial charge in [0.25, 0.3) is 11.8 Å². The lowest BCUT2D eigenvalue weighted by molar-refractivity contribution is -0.137. The number of carboxylic acids is 1. The van der Waals surface area contributed by atoms with Crippen molar-refractivity contribution >= 4 is 34.2 Å². The van der Waals surface area contributed by atoms with Crippen LogP contribution in [0.3, 0.4) is 0 Å². The van der Waals surface area contributed by atoms with Gasteiger partial charge in [0.15, 0.2) is 0 Å². The third-order valence-corrected chi connectivity index (χ3v) is 6.86. The zero-order chi connectivity index (χ0) is 25.0. The van der Waals surface area contributed by atoms with Gasteiger partial charge >= 0.3 is 5.97 Å². The number of carbonyl (C=O) groups excluding carboxylic acids is 2. The predicted octanol–water partition coefficient (Wildman–Crippen LogP) is 7.02. The van der Waals surface area contributed by atoms with Crippen LogP contribution < -0.4 is 5.32 Å². The molecule has 0 bridgehead atoms. The molecule has 2 amide bonds. The highest BCUT2D eigenvalue weighted by molar-refractivity contribution is 6.26. The van der Waals surface area contributed by atoms with E-state index in [1.165, 1.54) is 43.4 Å². The lowest BCUT2D eigenvalue weighted by atomic mass is 9.92. The highest BCUT2D eigenvalue weighted by Gasteiger charge is 2.32. The number of hydrogen-bond donors (Lipinski definition) is 2. The molecular weight excluding hydrogens is 440 g/mol. The van der Waals surface area contributed by atoms with E-state index in [4.69, 9.17) is 5.11 Å². The summed E-state index contributed by atoms with van der Waals surface area (Å²) in [6.07, 6.45) is 13.0. The zero-order valence-corrected chi connectivity index (χ0v) is 21.1. The van der Waals surface area contributed by atoms with Gasteiger partial charge in [0.05, 0.1) is 0 Å². The Labute approximate surface area is 209 Å². The van der Waals surface area contributed by atoms with Gasteiger partial charge in [-0.15, -0.1) is 0 Å². The fraction of sp³-hybridized carbons (Fsp3) is 0.552. The quantitative estimate of drug-likeness (QED) is 0.188. The van der Waals surface area contributed by atoms with E-state index in [1.54, 1.807) is 0 Å². The van der Waals surface area contributed by atoms with Crippen molar-refractivity contribution in [2.24, 2.45) is 0 Å². The Kier molecular flexibility index (Phi) is 10.6. The zero-order valence-electron chi connectivity index (χ0n) is 21.1. The lowest BCUT2D eigenvalue weighted by Gasteiger charge is -2.28. The number of unbranched alkanes of at least 4 members (excludes halogenated alkanes) is 10. The van der Waals surface area contributed by atoms with Gasteiger partial charge in [-0.25, -0.2) is 0 Å². The number of benzene rings is 2. The number of hydrogen-bond acceptors (Lipinski definition) is 4. The molecule has 0 spiro atoms. The smallest absolute Gasteiger partial charge is 0.303 e. The Bertz CT molecular complexity index is 995. The summed E-state index contributed by atoms with van der Waals surface area (Å²) in [4.78, 5) is 38.4. The van der Waals surface area contributed by atoms with E-state index in [2.05, 4.69) is 12.2 Å². The van der Waals surface area contributed by atoms with Gasteiger partial charge in [0.1, 0.15) is 0 Å². The Morgan fingerprint density at radius 3 is 2.14 bits per heavy atom. The molecule has 2 aromatic carbocycles. The summed E-state index contributed by atoms with van der Waals surface area (Å²) >= 11 is 0. The van der Waals surface area contributed by atoms with Crippen molar-refractivity contribution in [1.29, 1.82) is 0 Å². The molecule has 1 heterocycles. The summed E-state index contributed by atoms with van der Waals surface area (Å²) in [5.74, 6) is -1.20. The molecule has 6 nitrogen and oxygen atoms in total. The van der Waals surface area contributed by atoms with E-state index in [-0.39, 0.29) is 18.2 Å². The summed E-state index contributed by atoms with van der Waals surface area (Å²) in [6.45, 7) is 3.51. The first-order valence-electron chi connectivity index (χ1n) is 13.4. The van der Waals surface area contributed by atoms with Gasteiger partial charge < -0.3 is 10.4 Å². The fourth-order valence-corrected chi connectivity index (χ4v) is 4.89. The van der Waals surface area contributed by atoms with Crippen molar-refractivity contribution in [3.05, 3.63) is 41.5 Å². The van der Waals surface area contributed by atoms with E-state index in [0.29, 0.717) is 24.1 Å². The van der Waals surface area contributed by atoms with E-state index < -0.39 is 5.97 Å². The van der Waals surface area contributed by atoms with Gasteiger partial charge in [-0.1, -0.05) is 76.8 Å². The molecule has 0 unspecified atom stereocenters. The Morgan fingerprint density at radius 2 is 1.43 bits per heavy atom. The van der Waals surface area contributed by atoms with Crippen LogP contribution in [0, 0.1) is 0 Å². The van der Waals surface area contributed by atoms with Crippen molar-refractivity contribution in [2.75, 3.05) is 18.4 Å². The molecular formula is C29H40N2O4. The molecule has 0 saturated carbocycles. The lowest BCUT2D eigenvalue weighted by Crippen LogP contribution is -2.40. The summed E-state index contributed by atoms with van der Waals surface area (Å²) in [7, 11) is 0. The number of carbonyl (C=O) groups is 3. The Morgan fingerprint density at radius 1 is 0.800 bits per heavy atom. The maximum atomic E-state index is 13.2. The van der Waals surface area contributed by atoms with Crippen molar-refractivity contribution in [3.8, 4) is 0 Å². The van der Waals surface area contributed by atoms with Gasteiger partial charge in [-0.05, 0) is 37.5 Å². The largest absolute Gasteiger partial charge is 0.481 e. The van der Waals surface area contributed by atoms with Crippen molar-refractivity contribution in [1.82, 2.24) is 4.90 Å². The number of imide groups is 1. The van der Waals surface area contributed by atoms with Crippen LogP contribution in [-0.4, -0.2) is 40.9 Å². The molecule has 0 aromatic heterocycles. The third-order valence-electron chi connectivity index (χ3n) is 6.86. The van der Waals surface area contributed by atoms with Crippen LogP contribution in [0.4, 0.5) is 5.69 Å². The molecule has 3 rings (SSSR count). The van der Waals surface area contributed by atoms with Crippen LogP contribution in [0.5, 0.6) is 0 Å². The van der Waals surface area contributed by atoms with E-state index in [9.17, 15) is 14.4 Å². The van der Waals surface area contributed by atoms with Crippen molar-refractivity contribution < 1.29 is 19.5 Å². The number of nitrogens with one attached hydrogen (secondary N) is 1. The number of carboxylic acid groups (broad SMARTS) is 1. The van der Waals surface area contributed by atoms with Crippen LogP contribution in [0.25, 0.3) is 10.8 Å². The standard InChI is InChI=1S/C29H40N2O4/c1-2-3-4-5-6-9-12-20-30-25-19-18-24-27-22(25)15-14-16-23(27)28(34)31(29(24)35)21-13-10-7-8-11-17-26(32)33/h14-16,18-19,30H,2-13,17,20-21H2,1H3,(H,32,33). The summed E-state index contributed by atoms with van der Waals surface area (Å²) in [5.41, 5.74) is 2.17. The van der Waals surface area contributed by atoms with Gasteiger partial charge in [-0.3, -0.25) is 19.3 Å². The summed E-state index contributed by atoms with van der Waals surface area (Å²) in [6, 6.07) is 9.53. The highest BCUT2D eigenvalue weighted by Crippen LogP contribution is 2.34. The molecule has 2 aromatic rings. The minimum atomic E-state index is -0.765. The van der Waals surface area contributed by atoms with Gasteiger partial charge in [0, 0.05) is 47.1 Å². The summed E-state index contributed by atoms with van der Waals surface area (Å²) in [5, 5.41) is 13.9. The Hall–Kier alpha value is -2.89. The minimum Gasteiger partial charge on any atom is -0.481 e. The average molecular weight is 481 g/mol. The first kappa shape index (κ1) is 26.7. The Balaban J connectivity index is 1.57. The molecule has 1 aliphatic heterocycles. The number of rotatable bonds is 17. The molecule has 2 N–H and O–H groups in total. The fourth-order valence-electron chi connectivity index (χ4n) is 4.89. The van der Waals surface area contributed by atoms with Crippen LogP contribution in [0.15, 0.2) is 30.3 Å². The normalized spacial score (nSPS) is 13.0. The van der Waals surface area contributed by atoms with Crippen LogP contribution >= 0.6 is 0 Å². The van der Waals surface area contributed by atoms with Crippen LogP contribution in [0.2, 0.25) is 0 Å². The minimum absolute atomic E-state index is 0.194. The first-order chi connectivity index (χ1) is 17.0. The second kappa shape index (κ2) is 13.9. The third kappa shape index (κ3) is 7.30. The number of amides is 2. The second-order valence-corrected chi connectivity index (χ2v) is 9.61. The molecule has 190 valence electrons. The average Bonchev–Trinajstić information content (AvgIpc) is 2.85. The summed E-state index contributed by atoms with van der Waals surface area (Å²) < 4.78 is 0. The number of aliphatic carboxylic acids is 1. The molecule has 6 heteroatoms. The molecule has 1 aliphatic rings. The van der Waals surface area contributed by atoms with Crippen molar-refractivity contribution in [3.63, 3.8) is 0 Å². The number of nitrogens with zero attached hydrogens (tertiary/aromatic N) is 1. The van der Waals surface area contributed by atoms with E-state index in [1.807, 2.05) is 30.3 Å². The predicted molar refractivity (Wildman–Crippen MR) is 141 cm³/mol. The van der Waals surface area contributed by atoms with Crippen LogP contribution in [0.1, 0.15) is 111 Å². The van der Waals surface area contributed by atoms with Crippen LogP contribution in [-0.2, 0) is 4.79 Å². The molecule has 35 heavy (non-hydrogen) atoms. The number of anilines is 1. The molecule has 0 saturated heterocycles. The molecule has 0 atom stereocenters. The maximum absolute atomic E-state index is 13.2. The molecule has 0 aliphatic carbocycles.